The third-order valence-electron chi connectivity index (χ3n) is 4.08. The molecule has 4 heteroatoms. The highest BCUT2D eigenvalue weighted by Crippen LogP contribution is 2.30. The monoisotopic (exact) mass is 290 g/mol. The SMILES string of the molecule is COc1ccc2c(N3CCC(CCl)CC3)nccc2c1. The molecule has 0 spiro atoms. The van der Waals surface area contributed by atoms with Crippen molar-refractivity contribution in [1.29, 1.82) is 0 Å². The predicted octanol–water partition coefficient (Wildman–Crippen LogP) is 3.70. The molecule has 1 aliphatic rings. The molecule has 20 heavy (non-hydrogen) atoms. The zero-order valence-corrected chi connectivity index (χ0v) is 12.4. The number of hydrogen-bond donors (Lipinski definition) is 0. The quantitative estimate of drug-likeness (QED) is 0.806. The summed E-state index contributed by atoms with van der Waals surface area (Å²) >= 11 is 5.95. The fourth-order valence-corrected chi connectivity index (χ4v) is 3.13. The zero-order chi connectivity index (χ0) is 13.9. The summed E-state index contributed by atoms with van der Waals surface area (Å²) in [5.74, 6) is 3.39. The molecule has 2 heterocycles. The van der Waals surface area contributed by atoms with E-state index in [9.17, 15) is 0 Å². The first-order valence-electron chi connectivity index (χ1n) is 7.05. The van der Waals surface area contributed by atoms with Gasteiger partial charge in [-0.3, -0.25) is 0 Å². The lowest BCUT2D eigenvalue weighted by Gasteiger charge is -2.32. The third-order valence-corrected chi connectivity index (χ3v) is 4.52. The van der Waals surface area contributed by atoms with Crippen molar-refractivity contribution < 1.29 is 4.74 Å². The van der Waals surface area contributed by atoms with Crippen molar-refractivity contribution in [3.63, 3.8) is 0 Å². The normalized spacial score (nSPS) is 16.6. The molecule has 0 N–H and O–H groups in total. The van der Waals surface area contributed by atoms with Crippen molar-refractivity contribution in [2.75, 3.05) is 31.0 Å². The van der Waals surface area contributed by atoms with Crippen LogP contribution < -0.4 is 9.64 Å². The molecule has 1 saturated heterocycles. The van der Waals surface area contributed by atoms with E-state index >= 15 is 0 Å². The van der Waals surface area contributed by atoms with E-state index < -0.39 is 0 Å². The summed E-state index contributed by atoms with van der Waals surface area (Å²) in [4.78, 5) is 6.96. The highest BCUT2D eigenvalue weighted by Gasteiger charge is 2.20. The Morgan fingerprint density at radius 1 is 1.30 bits per heavy atom. The molecule has 0 unspecified atom stereocenters. The minimum Gasteiger partial charge on any atom is -0.497 e. The smallest absolute Gasteiger partial charge is 0.136 e. The zero-order valence-electron chi connectivity index (χ0n) is 11.7. The van der Waals surface area contributed by atoms with Gasteiger partial charge in [-0.15, -0.1) is 11.6 Å². The van der Waals surface area contributed by atoms with E-state index in [0.717, 1.165) is 43.4 Å². The second kappa shape index (κ2) is 5.88. The topological polar surface area (TPSA) is 25.4 Å². The molecule has 3 rings (SSSR count). The molecule has 0 saturated carbocycles. The van der Waals surface area contributed by atoms with Crippen LogP contribution in [0, 0.1) is 5.92 Å². The van der Waals surface area contributed by atoms with Crippen molar-refractivity contribution in [3.05, 3.63) is 30.5 Å². The first-order valence-corrected chi connectivity index (χ1v) is 7.59. The Bertz CT molecular complexity index is 594. The van der Waals surface area contributed by atoms with Crippen LogP contribution in [0.1, 0.15) is 12.8 Å². The van der Waals surface area contributed by atoms with Crippen LogP contribution in [0.3, 0.4) is 0 Å². The number of piperidine rings is 1. The van der Waals surface area contributed by atoms with Crippen LogP contribution in [0.25, 0.3) is 10.8 Å². The Morgan fingerprint density at radius 2 is 2.10 bits per heavy atom. The van der Waals surface area contributed by atoms with E-state index in [-0.39, 0.29) is 0 Å². The van der Waals surface area contributed by atoms with E-state index in [2.05, 4.69) is 22.0 Å². The maximum atomic E-state index is 5.95. The Labute approximate surface area is 124 Å². The maximum absolute atomic E-state index is 5.95. The maximum Gasteiger partial charge on any atom is 0.136 e. The molecular weight excluding hydrogens is 272 g/mol. The third kappa shape index (κ3) is 2.55. The van der Waals surface area contributed by atoms with Crippen LogP contribution in [0.4, 0.5) is 5.82 Å². The summed E-state index contributed by atoms with van der Waals surface area (Å²) < 4.78 is 5.29. The van der Waals surface area contributed by atoms with Crippen molar-refractivity contribution in [2.24, 2.45) is 5.92 Å². The molecule has 2 aromatic rings. The summed E-state index contributed by atoms with van der Waals surface area (Å²) in [6.07, 6.45) is 4.18. The Morgan fingerprint density at radius 3 is 2.80 bits per heavy atom. The first-order chi connectivity index (χ1) is 9.81. The Balaban J connectivity index is 1.92. The van der Waals surface area contributed by atoms with Crippen LogP contribution in [-0.4, -0.2) is 31.1 Å². The number of halogens is 1. The summed E-state index contributed by atoms with van der Waals surface area (Å²) in [5, 5.41) is 2.37. The number of anilines is 1. The number of hydrogen-bond acceptors (Lipinski definition) is 3. The molecule has 106 valence electrons. The number of nitrogens with zero attached hydrogens (tertiary/aromatic N) is 2. The van der Waals surface area contributed by atoms with Gasteiger partial charge in [0.05, 0.1) is 7.11 Å². The molecular formula is C16H19ClN2O. The molecule has 1 fully saturated rings. The minimum atomic E-state index is 0.656. The summed E-state index contributed by atoms with van der Waals surface area (Å²) in [5.41, 5.74) is 0. The van der Waals surface area contributed by atoms with Crippen LogP contribution in [-0.2, 0) is 0 Å². The molecule has 0 radical (unpaired) electrons. The summed E-state index contributed by atoms with van der Waals surface area (Å²) in [6.45, 7) is 2.07. The number of alkyl halides is 1. The van der Waals surface area contributed by atoms with E-state index in [1.54, 1.807) is 7.11 Å². The highest BCUT2D eigenvalue weighted by atomic mass is 35.5. The van der Waals surface area contributed by atoms with E-state index in [1.807, 2.05) is 18.3 Å². The molecule has 1 aromatic heterocycles. The molecule has 0 atom stereocenters. The lowest BCUT2D eigenvalue weighted by molar-refractivity contribution is 0.415. The largest absolute Gasteiger partial charge is 0.497 e. The van der Waals surface area contributed by atoms with Gasteiger partial charge in [-0.2, -0.15) is 0 Å². The molecule has 0 bridgehead atoms. The standard InChI is InChI=1S/C16H19ClN2O/c1-20-14-2-3-15-13(10-14)4-7-18-16(15)19-8-5-12(11-17)6-9-19/h2-4,7,10,12H,5-6,8-9,11H2,1H3. The van der Waals surface area contributed by atoms with Gasteiger partial charge >= 0.3 is 0 Å². The fraction of sp³-hybridized carbons (Fsp3) is 0.438. The number of pyridine rings is 1. The molecule has 0 amide bonds. The number of methoxy groups -OCH3 is 1. The van der Waals surface area contributed by atoms with Crippen LogP contribution in [0.5, 0.6) is 5.75 Å². The van der Waals surface area contributed by atoms with Gasteiger partial charge < -0.3 is 9.64 Å². The van der Waals surface area contributed by atoms with Crippen molar-refractivity contribution in [2.45, 2.75) is 12.8 Å². The van der Waals surface area contributed by atoms with Crippen LogP contribution >= 0.6 is 11.6 Å². The molecule has 1 aliphatic heterocycles. The summed E-state index contributed by atoms with van der Waals surface area (Å²) in [7, 11) is 1.69. The number of rotatable bonds is 3. The van der Waals surface area contributed by atoms with E-state index in [4.69, 9.17) is 16.3 Å². The van der Waals surface area contributed by atoms with E-state index in [0.29, 0.717) is 5.92 Å². The first kappa shape index (κ1) is 13.5. The Kier molecular flexibility index (Phi) is 3.97. The van der Waals surface area contributed by atoms with Gasteiger partial charge in [0.25, 0.3) is 0 Å². The molecule has 0 aliphatic carbocycles. The highest BCUT2D eigenvalue weighted by molar-refractivity contribution is 6.18. The van der Waals surface area contributed by atoms with Gasteiger partial charge in [-0.25, -0.2) is 4.98 Å². The van der Waals surface area contributed by atoms with Crippen molar-refractivity contribution >= 4 is 28.2 Å². The second-order valence-electron chi connectivity index (χ2n) is 5.31. The molecule has 1 aromatic carbocycles. The van der Waals surface area contributed by atoms with Crippen molar-refractivity contribution in [1.82, 2.24) is 4.98 Å². The van der Waals surface area contributed by atoms with Crippen LogP contribution in [0.15, 0.2) is 30.5 Å². The van der Waals surface area contributed by atoms with Gasteiger partial charge in [-0.05, 0) is 48.4 Å². The average molecular weight is 291 g/mol. The number of ether oxygens (including phenoxy) is 1. The second-order valence-corrected chi connectivity index (χ2v) is 5.61. The minimum absolute atomic E-state index is 0.656. The van der Waals surface area contributed by atoms with Crippen molar-refractivity contribution in [3.8, 4) is 5.75 Å². The summed E-state index contributed by atoms with van der Waals surface area (Å²) in [6, 6.07) is 8.20. The van der Waals surface area contributed by atoms with Gasteiger partial charge in [0.15, 0.2) is 0 Å². The molecule has 3 nitrogen and oxygen atoms in total. The van der Waals surface area contributed by atoms with Gasteiger partial charge in [0.1, 0.15) is 11.6 Å². The van der Waals surface area contributed by atoms with Gasteiger partial charge in [0, 0.05) is 30.6 Å². The van der Waals surface area contributed by atoms with E-state index in [1.165, 1.54) is 10.8 Å². The number of fused-ring (bicyclic) bond motifs is 1. The van der Waals surface area contributed by atoms with Gasteiger partial charge in [-0.1, -0.05) is 0 Å². The number of aromatic nitrogens is 1. The average Bonchev–Trinajstić information content (AvgIpc) is 2.54. The van der Waals surface area contributed by atoms with Gasteiger partial charge in [0.2, 0.25) is 0 Å². The predicted molar refractivity (Wildman–Crippen MR) is 84.0 cm³/mol. The lowest BCUT2D eigenvalue weighted by Crippen LogP contribution is -2.34. The number of benzene rings is 1. The lowest BCUT2D eigenvalue weighted by atomic mass is 9.98. The fourth-order valence-electron chi connectivity index (χ4n) is 2.82. The van der Waals surface area contributed by atoms with Crippen LogP contribution in [0.2, 0.25) is 0 Å². The Hall–Kier alpha value is -1.48.